The zero-order valence-corrected chi connectivity index (χ0v) is 9.71. The molecule has 0 aliphatic carbocycles. The van der Waals surface area contributed by atoms with E-state index in [-0.39, 0.29) is 11.9 Å². The van der Waals surface area contributed by atoms with Crippen LogP contribution in [0.4, 0.5) is 0 Å². The maximum atomic E-state index is 11.5. The van der Waals surface area contributed by atoms with Gasteiger partial charge in [0.2, 0.25) is 5.91 Å². The van der Waals surface area contributed by atoms with Crippen molar-refractivity contribution < 1.29 is 9.53 Å². The lowest BCUT2D eigenvalue weighted by Gasteiger charge is -2.11. The van der Waals surface area contributed by atoms with Gasteiger partial charge in [-0.3, -0.25) is 4.79 Å². The Balaban J connectivity index is 1.97. The van der Waals surface area contributed by atoms with Crippen LogP contribution in [-0.4, -0.2) is 38.3 Å². The van der Waals surface area contributed by atoms with Gasteiger partial charge in [0, 0.05) is 13.2 Å². The summed E-state index contributed by atoms with van der Waals surface area (Å²) in [6, 6.07) is 0.0232. The molecule has 1 fully saturated rings. The molecule has 0 radical (unpaired) electrons. The van der Waals surface area contributed by atoms with Gasteiger partial charge in [0.25, 0.3) is 0 Å². The molecule has 0 aromatic heterocycles. The molecule has 1 rings (SSSR count). The number of carbonyl (C=O) groups excluding carboxylic acids is 1. The van der Waals surface area contributed by atoms with E-state index in [2.05, 4.69) is 24.5 Å². The summed E-state index contributed by atoms with van der Waals surface area (Å²) in [6.07, 6.45) is 2.06. The SMILES string of the molecule is CC(C)COCCNC(=O)[C@@H]1CCCN1. The largest absolute Gasteiger partial charge is 0.379 e. The smallest absolute Gasteiger partial charge is 0.237 e. The molecule has 0 saturated carbocycles. The molecule has 1 amide bonds. The average Bonchev–Trinajstić information content (AvgIpc) is 2.69. The second-order valence-electron chi connectivity index (χ2n) is 4.41. The van der Waals surface area contributed by atoms with Crippen molar-refractivity contribution in [3.8, 4) is 0 Å². The van der Waals surface area contributed by atoms with Crippen LogP contribution in [0.1, 0.15) is 26.7 Å². The number of ether oxygens (including phenoxy) is 1. The first-order chi connectivity index (χ1) is 7.20. The van der Waals surface area contributed by atoms with Crippen LogP contribution in [-0.2, 0) is 9.53 Å². The van der Waals surface area contributed by atoms with E-state index in [1.165, 1.54) is 0 Å². The molecule has 15 heavy (non-hydrogen) atoms. The summed E-state index contributed by atoms with van der Waals surface area (Å²) in [5, 5.41) is 6.03. The quantitative estimate of drug-likeness (QED) is 0.634. The molecule has 1 aliphatic heterocycles. The third-order valence-corrected chi connectivity index (χ3v) is 2.37. The van der Waals surface area contributed by atoms with E-state index in [4.69, 9.17) is 4.74 Å². The molecular weight excluding hydrogens is 192 g/mol. The molecule has 0 bridgehead atoms. The average molecular weight is 214 g/mol. The highest BCUT2D eigenvalue weighted by atomic mass is 16.5. The van der Waals surface area contributed by atoms with E-state index < -0.39 is 0 Å². The monoisotopic (exact) mass is 214 g/mol. The highest BCUT2D eigenvalue weighted by molar-refractivity contribution is 5.81. The molecule has 88 valence electrons. The molecule has 1 atom stereocenters. The van der Waals surface area contributed by atoms with Crippen molar-refractivity contribution in [1.29, 1.82) is 0 Å². The summed E-state index contributed by atoms with van der Waals surface area (Å²) in [7, 11) is 0. The molecule has 1 heterocycles. The van der Waals surface area contributed by atoms with E-state index in [0.717, 1.165) is 26.0 Å². The van der Waals surface area contributed by atoms with Crippen molar-refractivity contribution in [2.45, 2.75) is 32.7 Å². The van der Waals surface area contributed by atoms with Crippen LogP contribution in [0, 0.1) is 5.92 Å². The van der Waals surface area contributed by atoms with Gasteiger partial charge < -0.3 is 15.4 Å². The fourth-order valence-electron chi connectivity index (χ4n) is 1.60. The Labute approximate surface area is 91.8 Å². The van der Waals surface area contributed by atoms with Crippen molar-refractivity contribution in [3.05, 3.63) is 0 Å². The Morgan fingerprint density at radius 2 is 2.40 bits per heavy atom. The van der Waals surface area contributed by atoms with Gasteiger partial charge in [-0.05, 0) is 25.3 Å². The van der Waals surface area contributed by atoms with Gasteiger partial charge in [-0.15, -0.1) is 0 Å². The Morgan fingerprint density at radius 1 is 1.60 bits per heavy atom. The van der Waals surface area contributed by atoms with Crippen LogP contribution in [0.25, 0.3) is 0 Å². The number of carbonyl (C=O) groups is 1. The molecule has 0 aromatic rings. The number of nitrogens with one attached hydrogen (secondary N) is 2. The van der Waals surface area contributed by atoms with E-state index >= 15 is 0 Å². The second kappa shape index (κ2) is 6.80. The summed E-state index contributed by atoms with van der Waals surface area (Å²) in [6.45, 7) is 7.17. The minimum atomic E-state index is 0.0232. The molecule has 4 heteroatoms. The van der Waals surface area contributed by atoms with E-state index in [1.807, 2.05) is 0 Å². The topological polar surface area (TPSA) is 50.4 Å². The maximum Gasteiger partial charge on any atom is 0.237 e. The normalized spacial score (nSPS) is 20.9. The maximum absolute atomic E-state index is 11.5. The number of hydrogen-bond acceptors (Lipinski definition) is 3. The predicted octanol–water partition coefficient (Wildman–Crippen LogP) is 0.527. The summed E-state index contributed by atoms with van der Waals surface area (Å²) in [5.41, 5.74) is 0. The Bertz CT molecular complexity index is 189. The molecule has 1 aliphatic rings. The number of amides is 1. The first-order valence-corrected chi connectivity index (χ1v) is 5.79. The summed E-state index contributed by atoms with van der Waals surface area (Å²) in [5.74, 6) is 0.665. The van der Waals surface area contributed by atoms with Gasteiger partial charge in [0.15, 0.2) is 0 Å². The second-order valence-corrected chi connectivity index (χ2v) is 4.41. The van der Waals surface area contributed by atoms with Crippen molar-refractivity contribution in [1.82, 2.24) is 10.6 Å². The van der Waals surface area contributed by atoms with Gasteiger partial charge in [0.05, 0.1) is 12.6 Å². The van der Waals surface area contributed by atoms with Crippen molar-refractivity contribution in [2.75, 3.05) is 26.3 Å². The van der Waals surface area contributed by atoms with Gasteiger partial charge >= 0.3 is 0 Å². The van der Waals surface area contributed by atoms with Crippen molar-refractivity contribution >= 4 is 5.91 Å². The Morgan fingerprint density at radius 3 is 3.00 bits per heavy atom. The van der Waals surface area contributed by atoms with Gasteiger partial charge in [0.1, 0.15) is 0 Å². The summed E-state index contributed by atoms with van der Waals surface area (Å²) >= 11 is 0. The molecular formula is C11H22N2O2. The lowest BCUT2D eigenvalue weighted by Crippen LogP contribution is -2.41. The third-order valence-electron chi connectivity index (χ3n) is 2.37. The summed E-state index contributed by atoms with van der Waals surface area (Å²) < 4.78 is 5.37. The Kier molecular flexibility index (Phi) is 5.65. The van der Waals surface area contributed by atoms with Crippen LogP contribution >= 0.6 is 0 Å². The summed E-state index contributed by atoms with van der Waals surface area (Å²) in [4.78, 5) is 11.5. The standard InChI is InChI=1S/C11H22N2O2/c1-9(2)8-15-7-6-13-11(14)10-4-3-5-12-10/h9-10,12H,3-8H2,1-2H3,(H,13,14)/t10-/m0/s1. The minimum Gasteiger partial charge on any atom is -0.379 e. The van der Waals surface area contributed by atoms with E-state index in [1.54, 1.807) is 0 Å². The molecule has 4 nitrogen and oxygen atoms in total. The van der Waals surface area contributed by atoms with Crippen LogP contribution < -0.4 is 10.6 Å². The fraction of sp³-hybridized carbons (Fsp3) is 0.909. The number of hydrogen-bond donors (Lipinski definition) is 2. The Hall–Kier alpha value is -0.610. The highest BCUT2D eigenvalue weighted by Crippen LogP contribution is 2.04. The van der Waals surface area contributed by atoms with Gasteiger partial charge in [-0.2, -0.15) is 0 Å². The first kappa shape index (κ1) is 12.5. The minimum absolute atomic E-state index is 0.0232. The third kappa shape index (κ3) is 5.14. The van der Waals surface area contributed by atoms with Crippen molar-refractivity contribution in [3.63, 3.8) is 0 Å². The van der Waals surface area contributed by atoms with E-state index in [0.29, 0.717) is 19.1 Å². The molecule has 0 unspecified atom stereocenters. The molecule has 0 spiro atoms. The van der Waals surface area contributed by atoms with Gasteiger partial charge in [-0.1, -0.05) is 13.8 Å². The molecule has 2 N–H and O–H groups in total. The lowest BCUT2D eigenvalue weighted by molar-refractivity contribution is -0.123. The fourth-order valence-corrected chi connectivity index (χ4v) is 1.60. The van der Waals surface area contributed by atoms with Gasteiger partial charge in [-0.25, -0.2) is 0 Å². The lowest BCUT2D eigenvalue weighted by atomic mass is 10.2. The molecule has 1 saturated heterocycles. The molecule has 0 aromatic carbocycles. The number of rotatable bonds is 6. The zero-order valence-electron chi connectivity index (χ0n) is 9.71. The van der Waals surface area contributed by atoms with Crippen LogP contribution in [0.3, 0.4) is 0 Å². The zero-order chi connectivity index (χ0) is 11.1. The van der Waals surface area contributed by atoms with Crippen molar-refractivity contribution in [2.24, 2.45) is 5.92 Å². The highest BCUT2D eigenvalue weighted by Gasteiger charge is 2.20. The first-order valence-electron chi connectivity index (χ1n) is 5.79. The predicted molar refractivity (Wildman–Crippen MR) is 59.7 cm³/mol. The van der Waals surface area contributed by atoms with E-state index in [9.17, 15) is 4.79 Å². The van der Waals surface area contributed by atoms with Crippen LogP contribution in [0.15, 0.2) is 0 Å². The van der Waals surface area contributed by atoms with Crippen LogP contribution in [0.5, 0.6) is 0 Å². The van der Waals surface area contributed by atoms with Crippen LogP contribution in [0.2, 0.25) is 0 Å².